The molecule has 0 nitrogen and oxygen atoms in total. The molecule has 0 atom stereocenters. The maximum atomic E-state index is 2.30. The molecule has 0 heterocycles. The fourth-order valence-corrected chi connectivity index (χ4v) is 3.37. The molecular weight excluding hydrogens is 228 g/mol. The van der Waals surface area contributed by atoms with Crippen LogP contribution in [-0.2, 0) is 6.42 Å². The lowest BCUT2D eigenvalue weighted by molar-refractivity contribution is 0.839. The summed E-state index contributed by atoms with van der Waals surface area (Å²) in [6, 6.07) is 13.6. The van der Waals surface area contributed by atoms with Crippen molar-refractivity contribution in [3.05, 3.63) is 58.7 Å². The first-order valence-electron chi connectivity index (χ1n) is 7.33. The van der Waals surface area contributed by atoms with Gasteiger partial charge in [-0.05, 0) is 51.6 Å². The summed E-state index contributed by atoms with van der Waals surface area (Å²) in [5, 5.41) is 0. The first-order valence-corrected chi connectivity index (χ1v) is 7.33. The van der Waals surface area contributed by atoms with Crippen molar-refractivity contribution >= 4 is 0 Å². The highest BCUT2D eigenvalue weighted by atomic mass is 14.3. The van der Waals surface area contributed by atoms with Gasteiger partial charge >= 0.3 is 0 Å². The smallest absolute Gasteiger partial charge is 0.000778 e. The van der Waals surface area contributed by atoms with Gasteiger partial charge in [-0.15, -0.1) is 0 Å². The Balaban J connectivity index is 2.21. The van der Waals surface area contributed by atoms with E-state index >= 15 is 0 Å². The Hall–Kier alpha value is -1.56. The van der Waals surface area contributed by atoms with Gasteiger partial charge in [-0.25, -0.2) is 0 Å². The zero-order valence-electron chi connectivity index (χ0n) is 12.3. The van der Waals surface area contributed by atoms with Crippen molar-refractivity contribution in [3.8, 4) is 11.1 Å². The van der Waals surface area contributed by atoms with Gasteiger partial charge in [0.05, 0.1) is 0 Å². The van der Waals surface area contributed by atoms with E-state index in [1.54, 1.807) is 11.1 Å². The van der Waals surface area contributed by atoms with Gasteiger partial charge in [0.1, 0.15) is 0 Å². The second-order valence-corrected chi connectivity index (χ2v) is 6.23. The van der Waals surface area contributed by atoms with Crippen molar-refractivity contribution in [2.75, 3.05) is 0 Å². The van der Waals surface area contributed by atoms with Gasteiger partial charge in [0.2, 0.25) is 0 Å². The number of rotatable bonds is 2. The van der Waals surface area contributed by atoms with Gasteiger partial charge in [-0.2, -0.15) is 0 Å². The van der Waals surface area contributed by atoms with Crippen LogP contribution in [0.1, 0.15) is 61.8 Å². The molecule has 0 heteroatoms. The molecule has 0 spiro atoms. The molecule has 0 amide bonds. The van der Waals surface area contributed by atoms with E-state index in [9.17, 15) is 0 Å². The monoisotopic (exact) mass is 250 g/mol. The lowest BCUT2D eigenvalue weighted by atomic mass is 9.93. The van der Waals surface area contributed by atoms with Crippen LogP contribution >= 0.6 is 0 Å². The molecule has 0 radical (unpaired) electrons. The SMILES string of the molecule is CC(C)c1cccc2c1Cc1c-2cccc1C(C)C. The van der Waals surface area contributed by atoms with Gasteiger partial charge < -0.3 is 0 Å². The highest BCUT2D eigenvalue weighted by Gasteiger charge is 2.24. The molecule has 0 saturated heterocycles. The fraction of sp³-hybridized carbons (Fsp3) is 0.368. The molecule has 0 aromatic heterocycles. The number of hydrogen-bond acceptors (Lipinski definition) is 0. The van der Waals surface area contributed by atoms with E-state index < -0.39 is 0 Å². The van der Waals surface area contributed by atoms with Crippen LogP contribution in [0.15, 0.2) is 36.4 Å². The van der Waals surface area contributed by atoms with Crippen molar-refractivity contribution in [2.45, 2.75) is 46.0 Å². The maximum absolute atomic E-state index is 2.30. The molecule has 1 aliphatic rings. The molecule has 0 saturated carbocycles. The molecule has 1 aliphatic carbocycles. The maximum Gasteiger partial charge on any atom is -0.000778 e. The van der Waals surface area contributed by atoms with E-state index in [1.807, 2.05) is 0 Å². The summed E-state index contributed by atoms with van der Waals surface area (Å²) in [5.41, 5.74) is 9.07. The highest BCUT2D eigenvalue weighted by molar-refractivity contribution is 5.79. The second-order valence-electron chi connectivity index (χ2n) is 6.23. The Bertz CT molecular complexity index is 562. The summed E-state index contributed by atoms with van der Waals surface area (Å²) >= 11 is 0. The van der Waals surface area contributed by atoms with Crippen LogP contribution in [0.25, 0.3) is 11.1 Å². The van der Waals surface area contributed by atoms with Crippen molar-refractivity contribution in [2.24, 2.45) is 0 Å². The average Bonchev–Trinajstić information content (AvgIpc) is 2.76. The molecule has 2 aromatic carbocycles. The van der Waals surface area contributed by atoms with Crippen molar-refractivity contribution < 1.29 is 0 Å². The molecule has 2 aromatic rings. The van der Waals surface area contributed by atoms with Crippen LogP contribution in [0.3, 0.4) is 0 Å². The van der Waals surface area contributed by atoms with Crippen LogP contribution < -0.4 is 0 Å². The Kier molecular flexibility index (Phi) is 2.97. The minimum absolute atomic E-state index is 0.603. The summed E-state index contributed by atoms with van der Waals surface area (Å²) < 4.78 is 0. The van der Waals surface area contributed by atoms with Crippen molar-refractivity contribution in [3.63, 3.8) is 0 Å². The molecule has 0 aliphatic heterocycles. The Morgan fingerprint density at radius 1 is 0.684 bits per heavy atom. The lowest BCUT2D eigenvalue weighted by Crippen LogP contribution is -1.97. The van der Waals surface area contributed by atoms with Gasteiger partial charge in [0.25, 0.3) is 0 Å². The zero-order valence-corrected chi connectivity index (χ0v) is 12.3. The van der Waals surface area contributed by atoms with E-state index in [1.165, 1.54) is 22.3 Å². The minimum Gasteiger partial charge on any atom is -0.0613 e. The Morgan fingerprint density at radius 3 is 1.47 bits per heavy atom. The average molecular weight is 250 g/mol. The van der Waals surface area contributed by atoms with Crippen LogP contribution in [-0.4, -0.2) is 0 Å². The van der Waals surface area contributed by atoms with E-state index in [0.29, 0.717) is 11.8 Å². The molecule has 19 heavy (non-hydrogen) atoms. The third-order valence-electron chi connectivity index (χ3n) is 4.31. The Labute approximate surface area is 116 Å². The van der Waals surface area contributed by atoms with Crippen LogP contribution in [0.4, 0.5) is 0 Å². The second kappa shape index (κ2) is 4.52. The van der Waals surface area contributed by atoms with Crippen molar-refractivity contribution in [1.82, 2.24) is 0 Å². The van der Waals surface area contributed by atoms with E-state index in [4.69, 9.17) is 0 Å². The number of fused-ring (bicyclic) bond motifs is 3. The fourth-order valence-electron chi connectivity index (χ4n) is 3.37. The third-order valence-corrected chi connectivity index (χ3v) is 4.31. The van der Waals surface area contributed by atoms with E-state index in [0.717, 1.165) is 6.42 Å². The topological polar surface area (TPSA) is 0 Å². The first-order chi connectivity index (χ1) is 9.09. The zero-order chi connectivity index (χ0) is 13.6. The molecule has 0 N–H and O–H groups in total. The first kappa shape index (κ1) is 12.5. The summed E-state index contributed by atoms with van der Waals surface area (Å²) in [4.78, 5) is 0. The molecule has 3 rings (SSSR count). The highest BCUT2D eigenvalue weighted by Crippen LogP contribution is 2.42. The number of hydrogen-bond donors (Lipinski definition) is 0. The van der Waals surface area contributed by atoms with Crippen LogP contribution in [0, 0.1) is 0 Å². The molecule has 98 valence electrons. The third kappa shape index (κ3) is 1.90. The minimum atomic E-state index is 0.603. The summed E-state index contributed by atoms with van der Waals surface area (Å²) in [7, 11) is 0. The molecule has 0 unspecified atom stereocenters. The van der Waals surface area contributed by atoms with E-state index in [2.05, 4.69) is 64.1 Å². The van der Waals surface area contributed by atoms with Gasteiger partial charge in [0.15, 0.2) is 0 Å². The predicted octanol–water partition coefficient (Wildman–Crippen LogP) is 5.50. The van der Waals surface area contributed by atoms with Crippen LogP contribution in [0.5, 0.6) is 0 Å². The van der Waals surface area contributed by atoms with E-state index in [-0.39, 0.29) is 0 Å². The summed E-state index contributed by atoms with van der Waals surface area (Å²) in [6.45, 7) is 9.17. The van der Waals surface area contributed by atoms with Gasteiger partial charge in [0, 0.05) is 0 Å². The quantitative estimate of drug-likeness (QED) is 0.563. The lowest BCUT2D eigenvalue weighted by Gasteiger charge is -2.12. The summed E-state index contributed by atoms with van der Waals surface area (Å²) in [5.74, 6) is 1.21. The largest absolute Gasteiger partial charge is 0.0613 e. The molecule has 0 fully saturated rings. The van der Waals surface area contributed by atoms with Crippen LogP contribution in [0.2, 0.25) is 0 Å². The van der Waals surface area contributed by atoms with Crippen molar-refractivity contribution in [1.29, 1.82) is 0 Å². The molecular formula is C19H22. The summed E-state index contributed by atoms with van der Waals surface area (Å²) in [6.07, 6.45) is 1.12. The van der Waals surface area contributed by atoms with Gasteiger partial charge in [-0.1, -0.05) is 64.1 Å². The normalized spacial score (nSPS) is 12.9. The Morgan fingerprint density at radius 2 is 1.11 bits per heavy atom. The van der Waals surface area contributed by atoms with Gasteiger partial charge in [-0.3, -0.25) is 0 Å². The predicted molar refractivity (Wildman–Crippen MR) is 82.9 cm³/mol. The standard InChI is InChI=1S/C19H22/c1-12(2)14-7-5-9-16-17-10-6-8-15(13(3)4)19(17)11-18(14)16/h5-10,12-13H,11H2,1-4H3. The molecule has 0 bridgehead atoms. The number of benzene rings is 2.